The maximum absolute atomic E-state index is 6.26. The van der Waals surface area contributed by atoms with Crippen molar-refractivity contribution in [2.24, 2.45) is 5.92 Å². The Hall–Kier alpha value is -0.540. The number of benzene rings is 1. The third-order valence-corrected chi connectivity index (χ3v) is 4.76. The standard InChI is InChI=1S/C16H19Cl2NS/c1-10(2)8-11-4-6-12(7-5-11)15(19-3)13-9-14(17)20-16(13)18/h4-7,9-10,15,19H,8H2,1-3H3. The van der Waals surface area contributed by atoms with E-state index in [-0.39, 0.29) is 6.04 Å². The van der Waals surface area contributed by atoms with E-state index in [0.717, 1.165) is 20.7 Å². The lowest BCUT2D eigenvalue weighted by Gasteiger charge is -2.17. The number of rotatable bonds is 5. The van der Waals surface area contributed by atoms with Crippen molar-refractivity contribution in [1.29, 1.82) is 0 Å². The molecule has 0 amide bonds. The quantitative estimate of drug-likeness (QED) is 0.757. The summed E-state index contributed by atoms with van der Waals surface area (Å²) in [5, 5.41) is 3.31. The van der Waals surface area contributed by atoms with Crippen molar-refractivity contribution in [3.05, 3.63) is 55.7 Å². The van der Waals surface area contributed by atoms with Crippen LogP contribution in [0, 0.1) is 5.92 Å². The average Bonchev–Trinajstić information content (AvgIpc) is 2.71. The molecular weight excluding hydrogens is 309 g/mol. The van der Waals surface area contributed by atoms with Gasteiger partial charge >= 0.3 is 0 Å². The van der Waals surface area contributed by atoms with Crippen LogP contribution in [0.5, 0.6) is 0 Å². The van der Waals surface area contributed by atoms with Crippen molar-refractivity contribution in [3.8, 4) is 0 Å². The predicted octanol–water partition coefficient (Wildman–Crippen LogP) is 5.56. The highest BCUT2D eigenvalue weighted by molar-refractivity contribution is 7.20. The number of hydrogen-bond donors (Lipinski definition) is 1. The van der Waals surface area contributed by atoms with Crippen LogP contribution in [0.25, 0.3) is 0 Å². The molecule has 1 nitrogen and oxygen atoms in total. The van der Waals surface area contributed by atoms with Gasteiger partial charge in [0.15, 0.2) is 0 Å². The van der Waals surface area contributed by atoms with Gasteiger partial charge in [0.05, 0.1) is 14.7 Å². The fraction of sp³-hybridized carbons (Fsp3) is 0.375. The van der Waals surface area contributed by atoms with E-state index in [0.29, 0.717) is 5.92 Å². The second-order valence-corrected chi connectivity index (χ2v) is 7.63. The molecule has 0 spiro atoms. The highest BCUT2D eigenvalue weighted by atomic mass is 35.5. The summed E-state index contributed by atoms with van der Waals surface area (Å²) in [4.78, 5) is 0. The summed E-state index contributed by atoms with van der Waals surface area (Å²) in [6.07, 6.45) is 1.11. The van der Waals surface area contributed by atoms with Gasteiger partial charge in [-0.3, -0.25) is 0 Å². The molecule has 108 valence electrons. The molecule has 4 heteroatoms. The Morgan fingerprint density at radius 1 is 1.15 bits per heavy atom. The summed E-state index contributed by atoms with van der Waals surface area (Å²) >= 11 is 13.7. The summed E-state index contributed by atoms with van der Waals surface area (Å²) in [6, 6.07) is 10.8. The largest absolute Gasteiger partial charge is 0.309 e. The molecule has 0 aliphatic rings. The first-order valence-corrected chi connectivity index (χ1v) is 8.29. The van der Waals surface area contributed by atoms with Gasteiger partial charge in [0.25, 0.3) is 0 Å². The van der Waals surface area contributed by atoms with E-state index in [4.69, 9.17) is 23.2 Å². The molecule has 2 aromatic rings. The lowest BCUT2D eigenvalue weighted by Crippen LogP contribution is -2.17. The van der Waals surface area contributed by atoms with E-state index >= 15 is 0 Å². The van der Waals surface area contributed by atoms with E-state index in [1.807, 2.05) is 13.1 Å². The number of halogens is 2. The molecule has 1 aromatic heterocycles. The van der Waals surface area contributed by atoms with Gasteiger partial charge in [-0.25, -0.2) is 0 Å². The van der Waals surface area contributed by atoms with E-state index in [9.17, 15) is 0 Å². The Morgan fingerprint density at radius 3 is 2.25 bits per heavy atom. The van der Waals surface area contributed by atoms with Crippen LogP contribution >= 0.6 is 34.5 Å². The van der Waals surface area contributed by atoms with Gasteiger partial charge in [-0.05, 0) is 36.6 Å². The first-order valence-electron chi connectivity index (χ1n) is 6.72. The first kappa shape index (κ1) is 15.8. The van der Waals surface area contributed by atoms with Gasteiger partial charge in [-0.15, -0.1) is 11.3 Å². The molecule has 2 rings (SSSR count). The first-order chi connectivity index (χ1) is 9.51. The lowest BCUT2D eigenvalue weighted by atomic mass is 9.97. The van der Waals surface area contributed by atoms with Gasteiger partial charge in [0, 0.05) is 5.56 Å². The van der Waals surface area contributed by atoms with Crippen LogP contribution in [0.3, 0.4) is 0 Å². The van der Waals surface area contributed by atoms with Crippen LogP contribution in [-0.4, -0.2) is 7.05 Å². The maximum Gasteiger partial charge on any atom is 0.0995 e. The van der Waals surface area contributed by atoms with Crippen molar-refractivity contribution >= 4 is 34.5 Å². The van der Waals surface area contributed by atoms with Gasteiger partial charge in [-0.1, -0.05) is 61.3 Å². The highest BCUT2D eigenvalue weighted by Gasteiger charge is 2.17. The minimum absolute atomic E-state index is 0.0827. The normalized spacial score (nSPS) is 12.9. The molecule has 1 heterocycles. The van der Waals surface area contributed by atoms with Crippen molar-refractivity contribution in [1.82, 2.24) is 5.32 Å². The average molecular weight is 328 g/mol. The van der Waals surface area contributed by atoms with Crippen LogP contribution in [0.15, 0.2) is 30.3 Å². The molecule has 0 bridgehead atoms. The SMILES string of the molecule is CNC(c1ccc(CC(C)C)cc1)c1cc(Cl)sc1Cl. The minimum atomic E-state index is 0.0827. The molecule has 0 saturated carbocycles. The van der Waals surface area contributed by atoms with Gasteiger partial charge in [0.1, 0.15) is 0 Å². The molecule has 1 aromatic carbocycles. The number of hydrogen-bond acceptors (Lipinski definition) is 2. The molecule has 0 aliphatic heterocycles. The Kier molecular flexibility index (Phi) is 5.50. The van der Waals surface area contributed by atoms with E-state index in [2.05, 4.69) is 43.4 Å². The van der Waals surface area contributed by atoms with E-state index < -0.39 is 0 Å². The zero-order valence-electron chi connectivity index (χ0n) is 11.9. The van der Waals surface area contributed by atoms with Gasteiger partial charge in [-0.2, -0.15) is 0 Å². The van der Waals surface area contributed by atoms with E-state index in [1.165, 1.54) is 22.5 Å². The zero-order valence-corrected chi connectivity index (χ0v) is 14.2. The summed E-state index contributed by atoms with van der Waals surface area (Å²) < 4.78 is 1.47. The van der Waals surface area contributed by atoms with Gasteiger partial charge in [0.2, 0.25) is 0 Å². The molecule has 20 heavy (non-hydrogen) atoms. The number of nitrogens with one attached hydrogen (secondary N) is 1. The summed E-state index contributed by atoms with van der Waals surface area (Å²) in [5.41, 5.74) is 3.62. The van der Waals surface area contributed by atoms with Gasteiger partial charge < -0.3 is 5.32 Å². The molecule has 0 aliphatic carbocycles. The highest BCUT2D eigenvalue weighted by Crippen LogP contribution is 2.37. The van der Waals surface area contributed by atoms with Crippen LogP contribution in [0.1, 0.15) is 36.6 Å². The molecule has 1 atom stereocenters. The predicted molar refractivity (Wildman–Crippen MR) is 90.2 cm³/mol. The lowest BCUT2D eigenvalue weighted by molar-refractivity contribution is 0.646. The Morgan fingerprint density at radius 2 is 1.80 bits per heavy atom. The fourth-order valence-electron chi connectivity index (χ4n) is 2.37. The zero-order chi connectivity index (χ0) is 14.7. The van der Waals surface area contributed by atoms with Crippen LogP contribution in [0.4, 0.5) is 0 Å². The second-order valence-electron chi connectivity index (χ2n) is 5.34. The Bertz CT molecular complexity index is 560. The van der Waals surface area contributed by atoms with Crippen LogP contribution < -0.4 is 5.32 Å². The van der Waals surface area contributed by atoms with Crippen LogP contribution in [0.2, 0.25) is 8.67 Å². The topological polar surface area (TPSA) is 12.0 Å². The third-order valence-electron chi connectivity index (χ3n) is 3.24. The van der Waals surface area contributed by atoms with Crippen LogP contribution in [-0.2, 0) is 6.42 Å². The maximum atomic E-state index is 6.26. The minimum Gasteiger partial charge on any atom is -0.309 e. The second kappa shape index (κ2) is 6.95. The van der Waals surface area contributed by atoms with Crippen molar-refractivity contribution in [2.45, 2.75) is 26.3 Å². The molecular formula is C16H19Cl2NS. The Labute approximate surface area is 134 Å². The summed E-state index contributed by atoms with van der Waals surface area (Å²) in [5.74, 6) is 0.672. The Balaban J connectivity index is 2.26. The molecule has 0 fully saturated rings. The van der Waals surface area contributed by atoms with Crippen molar-refractivity contribution in [3.63, 3.8) is 0 Å². The molecule has 1 N–H and O–H groups in total. The van der Waals surface area contributed by atoms with Crippen molar-refractivity contribution < 1.29 is 0 Å². The third kappa shape index (κ3) is 3.76. The molecule has 0 radical (unpaired) electrons. The molecule has 0 saturated heterocycles. The van der Waals surface area contributed by atoms with E-state index in [1.54, 1.807) is 0 Å². The summed E-state index contributed by atoms with van der Waals surface area (Å²) in [6.45, 7) is 4.47. The molecule has 1 unspecified atom stereocenters. The smallest absolute Gasteiger partial charge is 0.0995 e. The monoisotopic (exact) mass is 327 g/mol. The summed E-state index contributed by atoms with van der Waals surface area (Å²) in [7, 11) is 1.94. The fourth-order valence-corrected chi connectivity index (χ4v) is 3.90. The number of thiophene rings is 1. The van der Waals surface area contributed by atoms with Crippen molar-refractivity contribution in [2.75, 3.05) is 7.05 Å².